The number of phenols is 1. The van der Waals surface area contributed by atoms with E-state index in [9.17, 15) is 14.7 Å². The second-order valence-electron chi connectivity index (χ2n) is 6.44. The monoisotopic (exact) mass is 336 g/mol. The van der Waals surface area contributed by atoms with Gasteiger partial charge in [0.15, 0.2) is 0 Å². The Hall–Kier alpha value is -2.56. The van der Waals surface area contributed by atoms with E-state index in [1.54, 1.807) is 6.07 Å². The first-order chi connectivity index (χ1) is 10.7. The van der Waals surface area contributed by atoms with Gasteiger partial charge in [-0.3, -0.25) is 0 Å². The van der Waals surface area contributed by atoms with Crippen molar-refractivity contribution in [2.24, 2.45) is 0 Å². The molecule has 0 heterocycles. The first kappa shape index (κ1) is 23.7. The summed E-state index contributed by atoms with van der Waals surface area (Å²) in [4.78, 5) is 19.2. The molecular formula is C19H28O5. The molecule has 0 saturated heterocycles. The molecule has 0 aliphatic rings. The fraction of sp³-hybridized carbons (Fsp3) is 0.368. The lowest BCUT2D eigenvalue weighted by Crippen LogP contribution is -2.11. The molecule has 0 unspecified atom stereocenters. The van der Waals surface area contributed by atoms with E-state index in [0.29, 0.717) is 5.75 Å². The number of hydrogen-bond acceptors (Lipinski definition) is 3. The Balaban J connectivity index is 0. The zero-order valence-corrected chi connectivity index (χ0v) is 15.3. The van der Waals surface area contributed by atoms with E-state index < -0.39 is 11.9 Å². The lowest BCUT2D eigenvalue weighted by atomic mass is 9.85. The van der Waals surface area contributed by atoms with E-state index in [2.05, 4.69) is 33.9 Å². The van der Waals surface area contributed by atoms with Gasteiger partial charge in [-0.15, -0.1) is 0 Å². The highest BCUT2D eigenvalue weighted by Crippen LogP contribution is 2.30. The van der Waals surface area contributed by atoms with E-state index in [1.165, 1.54) is 19.4 Å². The number of phenolic OH excluding ortho intramolecular Hbond substituents is 1. The van der Waals surface area contributed by atoms with Crippen molar-refractivity contribution in [3.8, 4) is 5.75 Å². The smallest absolute Gasteiger partial charge is 0.330 e. The predicted molar refractivity (Wildman–Crippen MR) is 96.4 cm³/mol. The van der Waals surface area contributed by atoms with Gasteiger partial charge in [0.1, 0.15) is 5.75 Å². The summed E-state index contributed by atoms with van der Waals surface area (Å²) in [5.41, 5.74) is 2.58. The van der Waals surface area contributed by atoms with Crippen LogP contribution in [0.15, 0.2) is 42.5 Å². The molecule has 24 heavy (non-hydrogen) atoms. The lowest BCUT2D eigenvalue weighted by Gasteiger charge is -2.20. The van der Waals surface area contributed by atoms with E-state index in [4.69, 9.17) is 10.2 Å². The van der Waals surface area contributed by atoms with Gasteiger partial charge in [-0.2, -0.15) is 0 Å². The van der Waals surface area contributed by atoms with Crippen molar-refractivity contribution >= 4 is 11.9 Å². The van der Waals surface area contributed by atoms with E-state index in [0.717, 1.165) is 5.56 Å². The van der Waals surface area contributed by atoms with Gasteiger partial charge in [-0.05, 0) is 37.8 Å². The molecule has 1 aromatic carbocycles. The van der Waals surface area contributed by atoms with Gasteiger partial charge in [0.25, 0.3) is 0 Å². The molecule has 0 spiro atoms. The molecule has 134 valence electrons. The van der Waals surface area contributed by atoms with Crippen LogP contribution in [0.3, 0.4) is 0 Å². The van der Waals surface area contributed by atoms with Crippen molar-refractivity contribution in [2.45, 2.75) is 47.0 Å². The Morgan fingerprint density at radius 2 is 1.29 bits per heavy atom. The average Bonchev–Trinajstić information content (AvgIpc) is 2.41. The van der Waals surface area contributed by atoms with Gasteiger partial charge in [0, 0.05) is 11.1 Å². The standard InChI is InChI=1S/C11H16O.2C4H6O2/c1-8-5-6-10(12)9(7-8)11(2,3)4;2*1-3(2)4(5)6/h5-7,12H,1-4H3;2*1H2,2H3,(H,5,6). The molecule has 5 nitrogen and oxygen atoms in total. The SMILES string of the molecule is C=C(C)C(=O)O.C=C(C)C(=O)O.Cc1ccc(O)c(C(C)(C)C)c1. The topological polar surface area (TPSA) is 94.8 Å². The van der Waals surface area contributed by atoms with Crippen LogP contribution in [0.5, 0.6) is 5.75 Å². The van der Waals surface area contributed by atoms with Gasteiger partial charge in [0.05, 0.1) is 0 Å². The van der Waals surface area contributed by atoms with Crippen LogP contribution in [-0.2, 0) is 15.0 Å². The van der Waals surface area contributed by atoms with Gasteiger partial charge in [-0.25, -0.2) is 9.59 Å². The molecule has 0 aliphatic carbocycles. The minimum absolute atomic E-state index is 0.0239. The number of aromatic hydroxyl groups is 1. The Bertz CT molecular complexity index is 559. The van der Waals surface area contributed by atoms with Crippen molar-refractivity contribution in [1.29, 1.82) is 0 Å². The van der Waals surface area contributed by atoms with E-state index in [-0.39, 0.29) is 16.6 Å². The van der Waals surface area contributed by atoms with Crippen LogP contribution in [0.2, 0.25) is 0 Å². The number of carboxylic acids is 2. The molecular weight excluding hydrogens is 308 g/mol. The van der Waals surface area contributed by atoms with Gasteiger partial charge >= 0.3 is 11.9 Å². The molecule has 0 radical (unpaired) electrons. The van der Waals surface area contributed by atoms with Crippen LogP contribution in [0, 0.1) is 6.92 Å². The summed E-state index contributed by atoms with van der Waals surface area (Å²) < 4.78 is 0. The number of benzene rings is 1. The molecule has 0 aromatic heterocycles. The largest absolute Gasteiger partial charge is 0.508 e. The highest BCUT2D eigenvalue weighted by molar-refractivity contribution is 5.85. The number of aliphatic carboxylic acids is 2. The minimum Gasteiger partial charge on any atom is -0.508 e. The van der Waals surface area contributed by atoms with Crippen LogP contribution in [0.25, 0.3) is 0 Å². The molecule has 0 saturated carbocycles. The summed E-state index contributed by atoms with van der Waals surface area (Å²) in [6.45, 7) is 17.5. The van der Waals surface area contributed by atoms with E-state index in [1.807, 2.05) is 19.1 Å². The fourth-order valence-corrected chi connectivity index (χ4v) is 1.25. The Morgan fingerprint density at radius 3 is 1.50 bits per heavy atom. The lowest BCUT2D eigenvalue weighted by molar-refractivity contribution is -0.133. The third-order valence-electron chi connectivity index (χ3n) is 2.69. The Labute approximate surface area is 144 Å². The zero-order valence-electron chi connectivity index (χ0n) is 15.3. The fourth-order valence-electron chi connectivity index (χ4n) is 1.25. The summed E-state index contributed by atoms with van der Waals surface area (Å²) in [6.07, 6.45) is 0. The third-order valence-corrected chi connectivity index (χ3v) is 2.69. The second-order valence-corrected chi connectivity index (χ2v) is 6.44. The van der Waals surface area contributed by atoms with Crippen LogP contribution >= 0.6 is 0 Å². The van der Waals surface area contributed by atoms with Crippen LogP contribution in [-0.4, -0.2) is 27.3 Å². The maximum Gasteiger partial charge on any atom is 0.330 e. The molecule has 0 fully saturated rings. The highest BCUT2D eigenvalue weighted by atomic mass is 16.4. The summed E-state index contributed by atoms with van der Waals surface area (Å²) in [5.74, 6) is -1.47. The molecule has 0 amide bonds. The Morgan fingerprint density at radius 1 is 0.958 bits per heavy atom. The number of rotatable bonds is 2. The van der Waals surface area contributed by atoms with E-state index >= 15 is 0 Å². The molecule has 0 bridgehead atoms. The number of aryl methyl sites for hydroxylation is 1. The molecule has 1 rings (SSSR count). The van der Waals surface area contributed by atoms with Crippen LogP contribution < -0.4 is 0 Å². The predicted octanol–water partition coefficient (Wildman–Crippen LogP) is 4.29. The van der Waals surface area contributed by atoms with Gasteiger partial charge < -0.3 is 15.3 Å². The maximum atomic E-state index is 9.60. The van der Waals surface area contributed by atoms with Crippen molar-refractivity contribution in [1.82, 2.24) is 0 Å². The maximum absolute atomic E-state index is 9.60. The summed E-state index contributed by atoms with van der Waals surface area (Å²) in [6, 6.07) is 5.72. The number of carbonyl (C=O) groups is 2. The normalized spacial score (nSPS) is 9.58. The van der Waals surface area contributed by atoms with Crippen molar-refractivity contribution in [3.63, 3.8) is 0 Å². The van der Waals surface area contributed by atoms with Crippen molar-refractivity contribution < 1.29 is 24.9 Å². The number of carboxylic acid groups (broad SMARTS) is 2. The summed E-state index contributed by atoms with van der Waals surface area (Å²) in [7, 11) is 0. The number of hydrogen-bond donors (Lipinski definition) is 3. The zero-order chi connectivity index (χ0) is 19.7. The van der Waals surface area contributed by atoms with Crippen LogP contribution in [0.1, 0.15) is 45.7 Å². The molecule has 0 atom stereocenters. The first-order valence-electron chi connectivity index (χ1n) is 7.27. The first-order valence-corrected chi connectivity index (χ1v) is 7.27. The average molecular weight is 336 g/mol. The third kappa shape index (κ3) is 11.1. The molecule has 0 aliphatic heterocycles. The molecule has 5 heteroatoms. The second kappa shape index (κ2) is 10.3. The molecule has 1 aromatic rings. The summed E-state index contributed by atoms with van der Waals surface area (Å²) >= 11 is 0. The van der Waals surface area contributed by atoms with Crippen LogP contribution in [0.4, 0.5) is 0 Å². The van der Waals surface area contributed by atoms with Gasteiger partial charge in [-0.1, -0.05) is 51.6 Å². The Kier molecular flexibility index (Phi) is 10.1. The quantitative estimate of drug-likeness (QED) is 0.700. The summed E-state index contributed by atoms with van der Waals surface area (Å²) in [5, 5.41) is 25.4. The molecule has 3 N–H and O–H groups in total. The van der Waals surface area contributed by atoms with Crippen molar-refractivity contribution in [3.05, 3.63) is 53.6 Å². The van der Waals surface area contributed by atoms with Crippen molar-refractivity contribution in [2.75, 3.05) is 0 Å². The minimum atomic E-state index is -0.935. The highest BCUT2D eigenvalue weighted by Gasteiger charge is 2.17. The van der Waals surface area contributed by atoms with Gasteiger partial charge in [0.2, 0.25) is 0 Å².